The minimum Gasteiger partial charge on any atom is -0.383 e. The molecule has 0 saturated heterocycles. The molecule has 1 aliphatic heterocycles. The van der Waals surface area contributed by atoms with Crippen molar-refractivity contribution in [3.05, 3.63) is 21.8 Å². The molecule has 0 bridgehead atoms. The van der Waals surface area contributed by atoms with Crippen LogP contribution in [0.5, 0.6) is 0 Å². The minimum atomic E-state index is 0.0330. The van der Waals surface area contributed by atoms with Crippen molar-refractivity contribution in [2.24, 2.45) is 0 Å². The predicted molar refractivity (Wildman–Crippen MR) is 71.9 cm³/mol. The third-order valence-corrected chi connectivity index (χ3v) is 3.14. The first kappa shape index (κ1) is 11.7. The molecule has 4 nitrogen and oxygen atoms in total. The fourth-order valence-corrected chi connectivity index (χ4v) is 2.22. The van der Waals surface area contributed by atoms with Gasteiger partial charge in [-0.1, -0.05) is 0 Å². The number of anilines is 2. The Kier molecular flexibility index (Phi) is 3.65. The first-order chi connectivity index (χ1) is 7.70. The Morgan fingerprint density at radius 2 is 2.38 bits per heavy atom. The van der Waals surface area contributed by atoms with E-state index in [1.807, 2.05) is 23.1 Å². The number of carbonyl (C=O) groups is 1. The molecule has 1 amide bonds. The van der Waals surface area contributed by atoms with Gasteiger partial charge in [-0.15, -0.1) is 0 Å². The topological polar surface area (TPSA) is 41.6 Å². The van der Waals surface area contributed by atoms with Gasteiger partial charge in [0.2, 0.25) is 5.91 Å². The number of hydrogen-bond acceptors (Lipinski definition) is 3. The van der Waals surface area contributed by atoms with E-state index < -0.39 is 0 Å². The summed E-state index contributed by atoms with van der Waals surface area (Å²) in [6.45, 7) is 1.76. The number of benzene rings is 1. The number of halogens is 1. The van der Waals surface area contributed by atoms with Crippen LogP contribution in [0, 0.1) is 3.57 Å². The highest BCUT2D eigenvalue weighted by atomic mass is 127. The van der Waals surface area contributed by atoms with E-state index in [-0.39, 0.29) is 5.91 Å². The van der Waals surface area contributed by atoms with Gasteiger partial charge in [-0.2, -0.15) is 0 Å². The van der Waals surface area contributed by atoms with Crippen LogP contribution in [0.3, 0.4) is 0 Å². The lowest BCUT2D eigenvalue weighted by Crippen LogP contribution is -2.39. The van der Waals surface area contributed by atoms with Crippen molar-refractivity contribution in [3.8, 4) is 0 Å². The van der Waals surface area contributed by atoms with E-state index in [9.17, 15) is 4.79 Å². The molecule has 0 spiro atoms. The standard InChI is InChI=1S/C11H13IN2O2/c1-16-5-4-14-7-11(15)13-9-6-8(12)2-3-10(9)14/h2-3,6H,4-5,7H2,1H3,(H,13,15). The van der Waals surface area contributed by atoms with Gasteiger partial charge in [0.25, 0.3) is 0 Å². The highest BCUT2D eigenvalue weighted by Crippen LogP contribution is 2.30. The van der Waals surface area contributed by atoms with Crippen molar-refractivity contribution in [2.75, 3.05) is 37.0 Å². The Morgan fingerprint density at radius 1 is 1.56 bits per heavy atom. The van der Waals surface area contributed by atoms with Crippen LogP contribution in [-0.4, -0.2) is 32.7 Å². The van der Waals surface area contributed by atoms with Crippen molar-refractivity contribution in [3.63, 3.8) is 0 Å². The molecule has 1 heterocycles. The van der Waals surface area contributed by atoms with Gasteiger partial charge in [0.15, 0.2) is 0 Å². The van der Waals surface area contributed by atoms with Crippen LogP contribution in [0.25, 0.3) is 0 Å². The van der Waals surface area contributed by atoms with Crippen molar-refractivity contribution in [1.82, 2.24) is 0 Å². The number of amides is 1. The third-order valence-electron chi connectivity index (χ3n) is 2.47. The van der Waals surface area contributed by atoms with Crippen LogP contribution in [-0.2, 0) is 9.53 Å². The minimum absolute atomic E-state index is 0.0330. The average molecular weight is 332 g/mol. The number of nitrogens with zero attached hydrogens (tertiary/aromatic N) is 1. The molecule has 0 radical (unpaired) electrons. The molecule has 1 aromatic carbocycles. The molecule has 0 aliphatic carbocycles. The highest BCUT2D eigenvalue weighted by Gasteiger charge is 2.21. The Labute approximate surface area is 108 Å². The van der Waals surface area contributed by atoms with E-state index in [0.29, 0.717) is 13.2 Å². The number of ether oxygens (including phenoxy) is 1. The maximum atomic E-state index is 11.5. The fourth-order valence-electron chi connectivity index (χ4n) is 1.73. The highest BCUT2D eigenvalue weighted by molar-refractivity contribution is 14.1. The number of nitrogens with one attached hydrogen (secondary N) is 1. The second-order valence-corrected chi connectivity index (χ2v) is 4.87. The average Bonchev–Trinajstić information content (AvgIpc) is 2.25. The van der Waals surface area contributed by atoms with Crippen LogP contribution in [0.1, 0.15) is 0 Å². The normalized spacial score (nSPS) is 14.6. The van der Waals surface area contributed by atoms with E-state index in [1.165, 1.54) is 0 Å². The molecular weight excluding hydrogens is 319 g/mol. The van der Waals surface area contributed by atoms with Crippen molar-refractivity contribution in [1.29, 1.82) is 0 Å². The van der Waals surface area contributed by atoms with E-state index in [4.69, 9.17) is 4.74 Å². The zero-order valence-electron chi connectivity index (χ0n) is 9.00. The SMILES string of the molecule is COCCN1CC(=O)Nc2cc(I)ccc21. The summed E-state index contributed by atoms with van der Waals surface area (Å²) in [5.41, 5.74) is 1.95. The van der Waals surface area contributed by atoms with Gasteiger partial charge in [-0.05, 0) is 40.8 Å². The molecule has 0 atom stereocenters. The second-order valence-electron chi connectivity index (χ2n) is 3.62. The van der Waals surface area contributed by atoms with Gasteiger partial charge in [0.05, 0.1) is 24.5 Å². The molecule has 0 fully saturated rings. The van der Waals surface area contributed by atoms with E-state index in [1.54, 1.807) is 7.11 Å². The molecule has 2 rings (SSSR count). The van der Waals surface area contributed by atoms with Crippen LogP contribution in [0.4, 0.5) is 11.4 Å². The monoisotopic (exact) mass is 332 g/mol. The number of methoxy groups -OCH3 is 1. The predicted octanol–water partition coefficient (Wildman–Crippen LogP) is 1.70. The van der Waals surface area contributed by atoms with Crippen molar-refractivity contribution < 1.29 is 9.53 Å². The maximum absolute atomic E-state index is 11.5. The summed E-state index contributed by atoms with van der Waals surface area (Å²) in [6, 6.07) is 6.05. The first-order valence-corrected chi connectivity index (χ1v) is 6.12. The summed E-state index contributed by atoms with van der Waals surface area (Å²) >= 11 is 2.23. The Hall–Kier alpha value is -0.820. The molecule has 1 aliphatic rings. The molecule has 16 heavy (non-hydrogen) atoms. The van der Waals surface area contributed by atoms with Gasteiger partial charge < -0.3 is 15.0 Å². The van der Waals surface area contributed by atoms with E-state index >= 15 is 0 Å². The third kappa shape index (κ3) is 2.46. The summed E-state index contributed by atoms with van der Waals surface area (Å²) < 4.78 is 6.16. The second kappa shape index (κ2) is 5.01. The van der Waals surface area contributed by atoms with E-state index in [2.05, 4.69) is 27.9 Å². The van der Waals surface area contributed by atoms with Crippen LogP contribution < -0.4 is 10.2 Å². The summed E-state index contributed by atoms with van der Waals surface area (Å²) in [4.78, 5) is 13.6. The summed E-state index contributed by atoms with van der Waals surface area (Å²) in [6.07, 6.45) is 0. The van der Waals surface area contributed by atoms with Crippen molar-refractivity contribution >= 4 is 39.9 Å². The van der Waals surface area contributed by atoms with Gasteiger partial charge in [-0.3, -0.25) is 4.79 Å². The lowest BCUT2D eigenvalue weighted by molar-refractivity contribution is -0.115. The largest absolute Gasteiger partial charge is 0.383 e. The Balaban J connectivity index is 2.27. The molecule has 0 aromatic heterocycles. The summed E-state index contributed by atoms with van der Waals surface area (Å²) in [5.74, 6) is 0.0330. The molecule has 1 aromatic rings. The van der Waals surface area contributed by atoms with Gasteiger partial charge in [0.1, 0.15) is 0 Å². The maximum Gasteiger partial charge on any atom is 0.243 e. The van der Waals surface area contributed by atoms with E-state index in [0.717, 1.165) is 21.5 Å². The smallest absolute Gasteiger partial charge is 0.243 e. The molecule has 86 valence electrons. The lowest BCUT2D eigenvalue weighted by atomic mass is 10.2. The van der Waals surface area contributed by atoms with Crippen LogP contribution in [0.15, 0.2) is 18.2 Å². The Bertz CT molecular complexity index is 409. The van der Waals surface area contributed by atoms with Crippen LogP contribution >= 0.6 is 22.6 Å². The molecule has 1 N–H and O–H groups in total. The summed E-state index contributed by atoms with van der Waals surface area (Å²) in [5, 5.41) is 2.88. The van der Waals surface area contributed by atoms with Crippen molar-refractivity contribution in [2.45, 2.75) is 0 Å². The molecular formula is C11H13IN2O2. The number of carbonyl (C=O) groups excluding carboxylic acids is 1. The van der Waals surface area contributed by atoms with Crippen LogP contribution in [0.2, 0.25) is 0 Å². The van der Waals surface area contributed by atoms with Gasteiger partial charge >= 0.3 is 0 Å². The first-order valence-electron chi connectivity index (χ1n) is 5.04. The quantitative estimate of drug-likeness (QED) is 0.857. The fraction of sp³-hybridized carbons (Fsp3) is 0.364. The zero-order valence-corrected chi connectivity index (χ0v) is 11.2. The van der Waals surface area contributed by atoms with Gasteiger partial charge in [0, 0.05) is 17.2 Å². The molecule has 5 heteroatoms. The number of fused-ring (bicyclic) bond motifs is 1. The summed E-state index contributed by atoms with van der Waals surface area (Å²) in [7, 11) is 1.67. The van der Waals surface area contributed by atoms with Gasteiger partial charge in [-0.25, -0.2) is 0 Å². The lowest BCUT2D eigenvalue weighted by Gasteiger charge is -2.30. The zero-order chi connectivity index (χ0) is 11.5. The molecule has 0 saturated carbocycles. The Morgan fingerprint density at radius 3 is 3.12 bits per heavy atom. The number of hydrogen-bond donors (Lipinski definition) is 1. The molecule has 0 unspecified atom stereocenters. The number of rotatable bonds is 3.